The largest absolute Gasteiger partial charge is 0.497 e. The van der Waals surface area contributed by atoms with Crippen molar-refractivity contribution >= 4 is 17.7 Å². The topological polar surface area (TPSA) is 77.0 Å². The van der Waals surface area contributed by atoms with E-state index >= 15 is 0 Å². The fourth-order valence-electron chi connectivity index (χ4n) is 3.12. The number of benzene rings is 3. The van der Waals surface area contributed by atoms with E-state index in [-0.39, 0.29) is 11.7 Å². The SMILES string of the molecule is COc1cccc(CNC(=O)CSc2nnc(-c3ccccc3)c(-c3ccccc3)n2)c1. The molecule has 0 saturated carbocycles. The van der Waals surface area contributed by atoms with Crippen LogP contribution in [-0.2, 0) is 11.3 Å². The number of rotatable bonds is 8. The Balaban J connectivity index is 1.46. The molecule has 0 fully saturated rings. The van der Waals surface area contributed by atoms with E-state index in [1.165, 1.54) is 11.8 Å². The molecule has 4 aromatic rings. The molecule has 7 heteroatoms. The summed E-state index contributed by atoms with van der Waals surface area (Å²) < 4.78 is 5.22. The van der Waals surface area contributed by atoms with Crippen LogP contribution in [0.5, 0.6) is 5.75 Å². The highest BCUT2D eigenvalue weighted by molar-refractivity contribution is 7.99. The van der Waals surface area contributed by atoms with Crippen LogP contribution in [0, 0.1) is 0 Å². The Bertz CT molecular complexity index is 1190. The molecule has 0 aliphatic heterocycles. The van der Waals surface area contributed by atoms with Crippen LogP contribution in [0.2, 0.25) is 0 Å². The van der Waals surface area contributed by atoms with Crippen molar-refractivity contribution in [1.82, 2.24) is 20.5 Å². The molecule has 1 aromatic heterocycles. The van der Waals surface area contributed by atoms with Crippen LogP contribution in [-0.4, -0.2) is 34.0 Å². The van der Waals surface area contributed by atoms with Crippen molar-refractivity contribution in [3.8, 4) is 28.3 Å². The van der Waals surface area contributed by atoms with Crippen molar-refractivity contribution in [3.63, 3.8) is 0 Å². The maximum absolute atomic E-state index is 12.3. The first-order chi connectivity index (χ1) is 15.7. The van der Waals surface area contributed by atoms with Gasteiger partial charge in [0.05, 0.1) is 12.9 Å². The van der Waals surface area contributed by atoms with Gasteiger partial charge in [-0.2, -0.15) is 0 Å². The number of hydrogen-bond donors (Lipinski definition) is 1. The molecule has 0 saturated heterocycles. The summed E-state index contributed by atoms with van der Waals surface area (Å²) in [7, 11) is 1.62. The van der Waals surface area contributed by atoms with Gasteiger partial charge < -0.3 is 10.1 Å². The van der Waals surface area contributed by atoms with Gasteiger partial charge in [-0.15, -0.1) is 10.2 Å². The predicted octanol–water partition coefficient (Wildman–Crippen LogP) is 4.62. The normalized spacial score (nSPS) is 10.5. The number of nitrogens with zero attached hydrogens (tertiary/aromatic N) is 3. The van der Waals surface area contributed by atoms with E-state index < -0.39 is 0 Å². The van der Waals surface area contributed by atoms with Gasteiger partial charge in [0, 0.05) is 17.7 Å². The second kappa shape index (κ2) is 10.5. The Kier molecular flexibility index (Phi) is 7.09. The number of aromatic nitrogens is 3. The number of nitrogens with one attached hydrogen (secondary N) is 1. The minimum absolute atomic E-state index is 0.102. The Morgan fingerprint density at radius 1 is 0.875 bits per heavy atom. The second-order valence-electron chi connectivity index (χ2n) is 6.94. The van der Waals surface area contributed by atoms with Crippen LogP contribution >= 0.6 is 11.8 Å². The van der Waals surface area contributed by atoms with Crippen molar-refractivity contribution in [2.45, 2.75) is 11.7 Å². The van der Waals surface area contributed by atoms with Gasteiger partial charge in [0.2, 0.25) is 11.1 Å². The predicted molar refractivity (Wildman–Crippen MR) is 126 cm³/mol. The molecule has 0 unspecified atom stereocenters. The molecule has 1 N–H and O–H groups in total. The van der Waals surface area contributed by atoms with Gasteiger partial charge in [-0.25, -0.2) is 4.98 Å². The smallest absolute Gasteiger partial charge is 0.230 e. The third kappa shape index (κ3) is 5.50. The molecular weight excluding hydrogens is 420 g/mol. The highest BCUT2D eigenvalue weighted by atomic mass is 32.2. The maximum Gasteiger partial charge on any atom is 0.230 e. The first kappa shape index (κ1) is 21.5. The molecule has 6 nitrogen and oxygen atoms in total. The molecule has 3 aromatic carbocycles. The van der Waals surface area contributed by atoms with Gasteiger partial charge >= 0.3 is 0 Å². The monoisotopic (exact) mass is 442 g/mol. The van der Waals surface area contributed by atoms with Crippen LogP contribution < -0.4 is 10.1 Å². The number of amides is 1. The zero-order valence-corrected chi connectivity index (χ0v) is 18.4. The lowest BCUT2D eigenvalue weighted by Crippen LogP contribution is -2.24. The fraction of sp³-hybridized carbons (Fsp3) is 0.120. The van der Waals surface area contributed by atoms with E-state index in [1.54, 1.807) is 7.11 Å². The Hall–Kier alpha value is -3.71. The molecule has 0 aliphatic carbocycles. The summed E-state index contributed by atoms with van der Waals surface area (Å²) in [5, 5.41) is 12.1. The van der Waals surface area contributed by atoms with Crippen molar-refractivity contribution < 1.29 is 9.53 Å². The molecule has 1 amide bonds. The second-order valence-corrected chi connectivity index (χ2v) is 7.88. The van der Waals surface area contributed by atoms with E-state index in [4.69, 9.17) is 9.72 Å². The number of ether oxygens (including phenoxy) is 1. The molecule has 0 bridgehead atoms. The van der Waals surface area contributed by atoms with Gasteiger partial charge in [0.25, 0.3) is 0 Å². The number of thioether (sulfide) groups is 1. The molecular formula is C25H22N4O2S. The standard InChI is InChI=1S/C25H22N4O2S/c1-31-21-14-8-9-18(15-21)16-26-22(30)17-32-25-27-23(19-10-4-2-5-11-19)24(28-29-25)20-12-6-3-7-13-20/h2-15H,16-17H2,1H3,(H,26,30). The van der Waals surface area contributed by atoms with E-state index in [2.05, 4.69) is 15.5 Å². The average Bonchev–Trinajstić information content (AvgIpc) is 2.87. The fourth-order valence-corrected chi connectivity index (χ4v) is 3.74. The summed E-state index contributed by atoms with van der Waals surface area (Å²) in [6.45, 7) is 0.428. The molecule has 4 rings (SSSR count). The highest BCUT2D eigenvalue weighted by Crippen LogP contribution is 2.29. The molecule has 160 valence electrons. The number of hydrogen-bond acceptors (Lipinski definition) is 6. The maximum atomic E-state index is 12.3. The summed E-state index contributed by atoms with van der Waals surface area (Å²) in [6, 6.07) is 27.3. The van der Waals surface area contributed by atoms with Gasteiger partial charge in [-0.05, 0) is 17.7 Å². The number of carbonyl (C=O) groups is 1. The zero-order chi connectivity index (χ0) is 22.2. The Morgan fingerprint density at radius 2 is 1.56 bits per heavy atom. The molecule has 0 aliphatic rings. The molecule has 0 spiro atoms. The summed E-state index contributed by atoms with van der Waals surface area (Å²) in [5.74, 6) is 0.859. The number of methoxy groups -OCH3 is 1. The molecule has 0 radical (unpaired) electrons. The van der Waals surface area contributed by atoms with Crippen molar-refractivity contribution in [3.05, 3.63) is 90.5 Å². The van der Waals surface area contributed by atoms with Crippen LogP contribution in [0.3, 0.4) is 0 Å². The summed E-state index contributed by atoms with van der Waals surface area (Å²) >= 11 is 1.26. The molecule has 0 atom stereocenters. The van der Waals surface area contributed by atoms with Crippen LogP contribution in [0.4, 0.5) is 0 Å². The van der Waals surface area contributed by atoms with E-state index in [1.807, 2.05) is 84.9 Å². The van der Waals surface area contributed by atoms with E-state index in [0.29, 0.717) is 17.4 Å². The first-order valence-electron chi connectivity index (χ1n) is 10.1. The Labute approximate surface area is 191 Å². The quantitative estimate of drug-likeness (QED) is 0.401. The van der Waals surface area contributed by atoms with Crippen LogP contribution in [0.15, 0.2) is 90.1 Å². The van der Waals surface area contributed by atoms with Crippen LogP contribution in [0.25, 0.3) is 22.5 Å². The van der Waals surface area contributed by atoms with Crippen molar-refractivity contribution in [1.29, 1.82) is 0 Å². The van der Waals surface area contributed by atoms with Crippen molar-refractivity contribution in [2.24, 2.45) is 0 Å². The molecule has 32 heavy (non-hydrogen) atoms. The zero-order valence-electron chi connectivity index (χ0n) is 17.6. The van der Waals surface area contributed by atoms with E-state index in [0.717, 1.165) is 28.1 Å². The Morgan fingerprint density at radius 3 is 2.25 bits per heavy atom. The summed E-state index contributed by atoms with van der Waals surface area (Å²) in [4.78, 5) is 17.1. The average molecular weight is 443 g/mol. The summed E-state index contributed by atoms with van der Waals surface area (Å²) in [5.41, 5.74) is 4.32. The lowest BCUT2D eigenvalue weighted by molar-refractivity contribution is -0.118. The third-order valence-electron chi connectivity index (χ3n) is 4.72. The highest BCUT2D eigenvalue weighted by Gasteiger charge is 2.14. The van der Waals surface area contributed by atoms with Gasteiger partial charge in [0.1, 0.15) is 17.1 Å². The number of carbonyl (C=O) groups excluding carboxylic acids is 1. The first-order valence-corrected chi connectivity index (χ1v) is 11.1. The summed E-state index contributed by atoms with van der Waals surface area (Å²) in [6.07, 6.45) is 0. The van der Waals surface area contributed by atoms with E-state index in [9.17, 15) is 4.79 Å². The lowest BCUT2D eigenvalue weighted by atomic mass is 10.0. The lowest BCUT2D eigenvalue weighted by Gasteiger charge is -2.10. The van der Waals surface area contributed by atoms with Gasteiger partial charge in [-0.1, -0.05) is 84.6 Å². The van der Waals surface area contributed by atoms with Gasteiger partial charge in [0.15, 0.2) is 0 Å². The van der Waals surface area contributed by atoms with Crippen LogP contribution in [0.1, 0.15) is 5.56 Å². The minimum Gasteiger partial charge on any atom is -0.497 e. The van der Waals surface area contributed by atoms with Gasteiger partial charge in [-0.3, -0.25) is 4.79 Å². The van der Waals surface area contributed by atoms with Crippen molar-refractivity contribution in [2.75, 3.05) is 12.9 Å². The third-order valence-corrected chi connectivity index (χ3v) is 5.56. The molecule has 1 heterocycles. The minimum atomic E-state index is -0.102.